The van der Waals surface area contributed by atoms with Crippen LogP contribution in [0.5, 0.6) is 0 Å². The van der Waals surface area contributed by atoms with Crippen LogP contribution in [0.2, 0.25) is 0 Å². The molecule has 0 atom stereocenters. The monoisotopic (exact) mass is 376 g/mol. The van der Waals surface area contributed by atoms with E-state index in [1.807, 2.05) is 0 Å². The van der Waals surface area contributed by atoms with Gasteiger partial charge < -0.3 is 15.6 Å². The molecule has 0 unspecified atom stereocenters. The molecular weight excluding hydrogens is 361 g/mol. The van der Waals surface area contributed by atoms with Gasteiger partial charge in [0.2, 0.25) is 0 Å². The molecule has 0 saturated heterocycles. The molecule has 9 heteroatoms. The summed E-state index contributed by atoms with van der Waals surface area (Å²) in [6.07, 6.45) is -1.44. The maximum absolute atomic E-state index is 12.9. The van der Waals surface area contributed by atoms with E-state index in [0.29, 0.717) is 16.7 Å². The van der Waals surface area contributed by atoms with Gasteiger partial charge in [0.05, 0.1) is 16.8 Å². The number of aromatic amines is 1. The summed E-state index contributed by atoms with van der Waals surface area (Å²) in [7, 11) is 0. The zero-order chi connectivity index (χ0) is 19.6. The van der Waals surface area contributed by atoms with E-state index in [1.165, 1.54) is 25.3 Å². The molecular formula is C18H15F3N4O2. The Morgan fingerprint density at radius 3 is 2.70 bits per heavy atom. The number of aromatic nitrogens is 2. The summed E-state index contributed by atoms with van der Waals surface area (Å²) in [5.41, 5.74) is 1.06. The zero-order valence-corrected chi connectivity index (χ0v) is 14.1. The molecule has 3 N–H and O–H groups in total. The van der Waals surface area contributed by atoms with Gasteiger partial charge >= 0.3 is 18.0 Å². The van der Waals surface area contributed by atoms with E-state index < -0.39 is 23.6 Å². The third kappa shape index (κ3) is 4.08. The van der Waals surface area contributed by atoms with E-state index in [4.69, 9.17) is 0 Å². The Morgan fingerprint density at radius 1 is 1.19 bits per heavy atom. The lowest BCUT2D eigenvalue weighted by Crippen LogP contribution is -2.35. The highest BCUT2D eigenvalue weighted by atomic mass is 19.4. The molecule has 0 saturated carbocycles. The maximum Gasteiger partial charge on any atom is 0.416 e. The number of amides is 2. The molecule has 6 nitrogen and oxygen atoms in total. The van der Waals surface area contributed by atoms with Crippen LogP contribution in [0.25, 0.3) is 11.0 Å². The van der Waals surface area contributed by atoms with Gasteiger partial charge in [-0.1, -0.05) is 12.1 Å². The van der Waals surface area contributed by atoms with Crippen molar-refractivity contribution in [1.82, 2.24) is 15.3 Å². The molecule has 0 fully saturated rings. The van der Waals surface area contributed by atoms with Crippen molar-refractivity contribution in [3.63, 3.8) is 0 Å². The fraction of sp³-hybridized carbons (Fsp3) is 0.167. The lowest BCUT2D eigenvalue weighted by atomic mass is 10.0. The van der Waals surface area contributed by atoms with Gasteiger partial charge in [-0.25, -0.2) is 0 Å². The molecule has 0 spiro atoms. The molecule has 3 rings (SSSR count). The normalized spacial score (nSPS) is 11.4. The van der Waals surface area contributed by atoms with Crippen molar-refractivity contribution in [1.29, 1.82) is 0 Å². The average Bonchev–Trinajstić information content (AvgIpc) is 3.03. The molecule has 0 radical (unpaired) electrons. The number of aryl methyl sites for hydroxylation is 1. The van der Waals surface area contributed by atoms with Crippen LogP contribution >= 0.6 is 0 Å². The molecule has 0 aliphatic rings. The number of halogens is 3. The summed E-state index contributed by atoms with van der Waals surface area (Å²) in [6.45, 7) is 1.15. The second-order valence-corrected chi connectivity index (χ2v) is 5.89. The molecule has 2 aromatic heterocycles. The standard InChI is InChI=1S/C18H15F3N4O2/c1-10-4-5-11(7-12(10)18(19,20)21)8-24-16(26)17(27)25-14-9-23-13-3-2-6-22-15(13)14/h2-7,9,23H,8H2,1H3,(H,24,26)(H,25,27). The molecule has 0 aliphatic heterocycles. The van der Waals surface area contributed by atoms with Crippen molar-refractivity contribution in [3.8, 4) is 0 Å². The Bertz CT molecular complexity index is 1010. The second-order valence-electron chi connectivity index (χ2n) is 5.89. The van der Waals surface area contributed by atoms with E-state index in [9.17, 15) is 22.8 Å². The molecule has 140 valence electrons. The van der Waals surface area contributed by atoms with E-state index in [-0.39, 0.29) is 17.7 Å². The summed E-state index contributed by atoms with van der Waals surface area (Å²) < 4.78 is 38.8. The minimum atomic E-state index is -4.48. The number of hydrogen-bond acceptors (Lipinski definition) is 3. The first kappa shape index (κ1) is 18.4. The third-order valence-corrected chi connectivity index (χ3v) is 3.95. The van der Waals surface area contributed by atoms with Gasteiger partial charge in [0.25, 0.3) is 0 Å². The number of H-pyrrole nitrogens is 1. The van der Waals surface area contributed by atoms with Crippen LogP contribution in [0, 0.1) is 6.92 Å². The van der Waals surface area contributed by atoms with Gasteiger partial charge in [-0.3, -0.25) is 14.6 Å². The molecule has 3 aromatic rings. The van der Waals surface area contributed by atoms with Crippen molar-refractivity contribution < 1.29 is 22.8 Å². The van der Waals surface area contributed by atoms with Crippen molar-refractivity contribution in [2.24, 2.45) is 0 Å². The number of hydrogen-bond donors (Lipinski definition) is 3. The predicted octanol–water partition coefficient (Wildman–Crippen LogP) is 3.15. The first-order valence-corrected chi connectivity index (χ1v) is 7.93. The van der Waals surface area contributed by atoms with Crippen molar-refractivity contribution >= 4 is 28.5 Å². The first-order valence-electron chi connectivity index (χ1n) is 7.93. The van der Waals surface area contributed by atoms with Crippen LogP contribution in [0.4, 0.5) is 18.9 Å². The third-order valence-electron chi connectivity index (χ3n) is 3.95. The highest BCUT2D eigenvalue weighted by Crippen LogP contribution is 2.32. The zero-order valence-electron chi connectivity index (χ0n) is 14.1. The molecule has 1 aromatic carbocycles. The van der Waals surface area contributed by atoms with Crippen LogP contribution in [0.3, 0.4) is 0 Å². The molecule has 0 bridgehead atoms. The minimum Gasteiger partial charge on any atom is -0.358 e. The molecule has 2 amide bonds. The highest BCUT2D eigenvalue weighted by Gasteiger charge is 2.32. The van der Waals surface area contributed by atoms with Crippen molar-refractivity contribution in [3.05, 3.63) is 59.4 Å². The fourth-order valence-electron chi connectivity index (χ4n) is 2.58. The van der Waals surface area contributed by atoms with Gasteiger partial charge in [-0.2, -0.15) is 13.2 Å². The van der Waals surface area contributed by atoms with Gasteiger partial charge in [0.15, 0.2) is 0 Å². The van der Waals surface area contributed by atoms with Crippen LogP contribution < -0.4 is 10.6 Å². The number of nitrogens with one attached hydrogen (secondary N) is 3. The number of rotatable bonds is 3. The van der Waals surface area contributed by atoms with Crippen molar-refractivity contribution in [2.75, 3.05) is 5.32 Å². The Labute approximate surface area is 151 Å². The number of benzene rings is 1. The Kier molecular flexibility index (Phi) is 4.85. The fourth-order valence-corrected chi connectivity index (χ4v) is 2.58. The Balaban J connectivity index is 1.65. The Morgan fingerprint density at radius 2 is 1.96 bits per heavy atom. The lowest BCUT2D eigenvalue weighted by molar-refractivity contribution is -0.138. The van der Waals surface area contributed by atoms with Gasteiger partial charge in [0, 0.05) is 18.9 Å². The number of anilines is 1. The van der Waals surface area contributed by atoms with Gasteiger partial charge in [-0.05, 0) is 36.2 Å². The van der Waals surface area contributed by atoms with Crippen LogP contribution in [-0.4, -0.2) is 21.8 Å². The van der Waals surface area contributed by atoms with E-state index in [0.717, 1.165) is 6.07 Å². The van der Waals surface area contributed by atoms with Crippen LogP contribution in [-0.2, 0) is 22.3 Å². The maximum atomic E-state index is 12.9. The summed E-state index contributed by atoms with van der Waals surface area (Å²) in [5.74, 6) is -1.90. The summed E-state index contributed by atoms with van der Waals surface area (Å²) in [4.78, 5) is 31.0. The summed E-state index contributed by atoms with van der Waals surface area (Å²) >= 11 is 0. The number of carbonyl (C=O) groups is 2. The number of nitrogens with zero attached hydrogens (tertiary/aromatic N) is 1. The SMILES string of the molecule is Cc1ccc(CNC(=O)C(=O)Nc2c[nH]c3cccnc23)cc1C(F)(F)F. The number of carbonyl (C=O) groups excluding carboxylic acids is 2. The number of alkyl halides is 3. The first-order chi connectivity index (χ1) is 12.8. The van der Waals surface area contributed by atoms with Gasteiger partial charge in [0.1, 0.15) is 5.52 Å². The largest absolute Gasteiger partial charge is 0.416 e. The van der Waals surface area contributed by atoms with Crippen molar-refractivity contribution in [2.45, 2.75) is 19.6 Å². The molecule has 2 heterocycles. The lowest BCUT2D eigenvalue weighted by Gasteiger charge is -2.12. The number of pyridine rings is 1. The van der Waals surface area contributed by atoms with Crippen LogP contribution in [0.1, 0.15) is 16.7 Å². The van der Waals surface area contributed by atoms with E-state index in [2.05, 4.69) is 20.6 Å². The Hall–Kier alpha value is -3.36. The summed E-state index contributed by atoms with van der Waals surface area (Å²) in [6, 6.07) is 7.22. The van der Waals surface area contributed by atoms with E-state index in [1.54, 1.807) is 18.3 Å². The number of fused-ring (bicyclic) bond motifs is 1. The van der Waals surface area contributed by atoms with E-state index >= 15 is 0 Å². The quantitative estimate of drug-likeness (QED) is 0.614. The average molecular weight is 376 g/mol. The smallest absolute Gasteiger partial charge is 0.358 e. The molecule has 27 heavy (non-hydrogen) atoms. The van der Waals surface area contributed by atoms with Crippen LogP contribution in [0.15, 0.2) is 42.7 Å². The molecule has 0 aliphatic carbocycles. The topological polar surface area (TPSA) is 86.9 Å². The highest BCUT2D eigenvalue weighted by molar-refractivity contribution is 6.40. The van der Waals surface area contributed by atoms with Gasteiger partial charge in [-0.15, -0.1) is 0 Å². The minimum absolute atomic E-state index is 0.0853. The second kappa shape index (κ2) is 7.10. The predicted molar refractivity (Wildman–Crippen MR) is 92.8 cm³/mol. The summed E-state index contributed by atoms with van der Waals surface area (Å²) in [5, 5.41) is 4.73.